The van der Waals surface area contributed by atoms with Gasteiger partial charge in [0.05, 0.1) is 17.7 Å². The highest BCUT2D eigenvalue weighted by molar-refractivity contribution is 14.0. The van der Waals surface area contributed by atoms with Crippen LogP contribution in [-0.4, -0.2) is 43.0 Å². The summed E-state index contributed by atoms with van der Waals surface area (Å²) < 4.78 is 13.5. The van der Waals surface area contributed by atoms with Crippen molar-refractivity contribution in [2.24, 2.45) is 4.99 Å². The molecule has 0 spiro atoms. The molecule has 0 radical (unpaired) electrons. The molecular formula is C20H27FIN5OS. The third kappa shape index (κ3) is 6.36. The Balaban J connectivity index is 0.00000300. The monoisotopic (exact) mass is 531 g/mol. The van der Waals surface area contributed by atoms with E-state index in [1.807, 2.05) is 19.9 Å². The topological polar surface area (TPSA) is 78.4 Å². The van der Waals surface area contributed by atoms with E-state index in [1.54, 1.807) is 17.6 Å². The molecule has 1 aromatic heterocycles. The number of hydrogen-bond donors (Lipinski definition) is 3. The van der Waals surface area contributed by atoms with Gasteiger partial charge in [-0.25, -0.2) is 9.37 Å². The summed E-state index contributed by atoms with van der Waals surface area (Å²) in [6, 6.07) is 6.81. The van der Waals surface area contributed by atoms with Gasteiger partial charge in [-0.3, -0.25) is 9.79 Å². The summed E-state index contributed by atoms with van der Waals surface area (Å²) in [5.41, 5.74) is 3.38. The number of halogens is 2. The number of aliphatic imine (C=N–C) groups is 1. The van der Waals surface area contributed by atoms with Crippen LogP contribution in [0.4, 0.5) is 4.39 Å². The molecule has 1 heterocycles. The molecular weight excluding hydrogens is 504 g/mol. The van der Waals surface area contributed by atoms with Crippen LogP contribution in [0.2, 0.25) is 0 Å². The number of nitrogens with zero attached hydrogens (tertiary/aromatic N) is 2. The summed E-state index contributed by atoms with van der Waals surface area (Å²) >= 11 is 1.34. The molecule has 158 valence electrons. The van der Waals surface area contributed by atoms with Gasteiger partial charge in [0.15, 0.2) is 5.96 Å². The number of amides is 1. The van der Waals surface area contributed by atoms with Crippen LogP contribution >= 0.6 is 35.3 Å². The van der Waals surface area contributed by atoms with Crippen molar-refractivity contribution in [3.05, 3.63) is 51.7 Å². The summed E-state index contributed by atoms with van der Waals surface area (Å²) in [4.78, 5) is 21.5. The van der Waals surface area contributed by atoms with Crippen LogP contribution in [0.1, 0.15) is 40.7 Å². The Hall–Kier alpha value is -1.75. The Bertz CT molecular complexity index is 853. The molecule has 6 nitrogen and oxygen atoms in total. The quantitative estimate of drug-likeness (QED) is 0.212. The van der Waals surface area contributed by atoms with Crippen LogP contribution in [-0.2, 0) is 5.41 Å². The molecule has 3 N–H and O–H groups in total. The second-order valence-electron chi connectivity index (χ2n) is 6.94. The third-order valence-electron chi connectivity index (χ3n) is 4.83. The maximum atomic E-state index is 13.5. The van der Waals surface area contributed by atoms with Crippen molar-refractivity contribution in [2.45, 2.75) is 32.1 Å². The number of carbonyl (C=O) groups excluding carboxylic acids is 1. The Morgan fingerprint density at radius 3 is 2.66 bits per heavy atom. The number of benzene rings is 1. The molecule has 2 aromatic rings. The van der Waals surface area contributed by atoms with Gasteiger partial charge in [-0.05, 0) is 44.4 Å². The zero-order valence-electron chi connectivity index (χ0n) is 16.6. The first-order chi connectivity index (χ1) is 13.5. The molecule has 0 saturated heterocycles. The molecule has 1 aromatic carbocycles. The number of thiazole rings is 1. The predicted molar refractivity (Wildman–Crippen MR) is 126 cm³/mol. The van der Waals surface area contributed by atoms with Crippen molar-refractivity contribution in [3.8, 4) is 0 Å². The van der Waals surface area contributed by atoms with E-state index in [9.17, 15) is 9.18 Å². The molecule has 0 aliphatic heterocycles. The van der Waals surface area contributed by atoms with E-state index in [0.29, 0.717) is 30.5 Å². The molecule has 9 heteroatoms. The molecule has 1 saturated carbocycles. The number of rotatable bonds is 8. The fourth-order valence-corrected chi connectivity index (χ4v) is 3.76. The van der Waals surface area contributed by atoms with Gasteiger partial charge in [0.1, 0.15) is 10.7 Å². The largest absolute Gasteiger partial charge is 0.357 e. The molecule has 1 fully saturated rings. The lowest BCUT2D eigenvalue weighted by Gasteiger charge is -2.16. The van der Waals surface area contributed by atoms with Gasteiger partial charge in [-0.2, -0.15) is 0 Å². The van der Waals surface area contributed by atoms with Crippen LogP contribution < -0.4 is 16.0 Å². The summed E-state index contributed by atoms with van der Waals surface area (Å²) in [6.45, 7) is 6.22. The first-order valence-electron chi connectivity index (χ1n) is 9.50. The normalized spacial score (nSPS) is 14.7. The fraction of sp³-hybridized carbons (Fsp3) is 0.450. The first-order valence-corrected chi connectivity index (χ1v) is 10.4. The van der Waals surface area contributed by atoms with Crippen molar-refractivity contribution in [1.29, 1.82) is 0 Å². The number of aromatic nitrogens is 1. The van der Waals surface area contributed by atoms with Crippen LogP contribution in [0.15, 0.2) is 34.8 Å². The van der Waals surface area contributed by atoms with Crippen molar-refractivity contribution < 1.29 is 9.18 Å². The van der Waals surface area contributed by atoms with E-state index in [-0.39, 0.29) is 41.1 Å². The number of nitrogens with one attached hydrogen (secondary N) is 3. The SMILES string of the molecule is CCNC(=NCC1(c2cccc(F)c2)CC1)NCCNC(=O)c1scnc1C.I. The fourth-order valence-electron chi connectivity index (χ4n) is 3.04. The van der Waals surface area contributed by atoms with E-state index in [2.05, 4.69) is 25.9 Å². The number of carbonyl (C=O) groups is 1. The van der Waals surface area contributed by atoms with Gasteiger partial charge in [0.25, 0.3) is 5.91 Å². The summed E-state index contributed by atoms with van der Waals surface area (Å²) in [5.74, 6) is 0.393. The molecule has 1 amide bonds. The van der Waals surface area contributed by atoms with E-state index in [0.717, 1.165) is 30.6 Å². The highest BCUT2D eigenvalue weighted by Crippen LogP contribution is 2.48. The van der Waals surface area contributed by atoms with E-state index in [1.165, 1.54) is 17.4 Å². The lowest BCUT2D eigenvalue weighted by molar-refractivity contribution is 0.0957. The molecule has 3 rings (SSSR count). The van der Waals surface area contributed by atoms with Gasteiger partial charge in [0, 0.05) is 25.0 Å². The number of guanidine groups is 1. The van der Waals surface area contributed by atoms with Crippen molar-refractivity contribution in [2.75, 3.05) is 26.2 Å². The minimum Gasteiger partial charge on any atom is -0.357 e. The van der Waals surface area contributed by atoms with Gasteiger partial charge >= 0.3 is 0 Å². The molecule has 0 atom stereocenters. The second kappa shape index (κ2) is 10.9. The smallest absolute Gasteiger partial charge is 0.263 e. The second-order valence-corrected chi connectivity index (χ2v) is 7.79. The Kier molecular flexibility index (Phi) is 8.81. The van der Waals surface area contributed by atoms with E-state index >= 15 is 0 Å². The lowest BCUT2D eigenvalue weighted by atomic mass is 9.96. The van der Waals surface area contributed by atoms with Crippen LogP contribution in [0.3, 0.4) is 0 Å². The lowest BCUT2D eigenvalue weighted by Crippen LogP contribution is -2.42. The van der Waals surface area contributed by atoms with E-state index in [4.69, 9.17) is 0 Å². The van der Waals surface area contributed by atoms with Gasteiger partial charge < -0.3 is 16.0 Å². The molecule has 1 aliphatic rings. The highest BCUT2D eigenvalue weighted by atomic mass is 127. The minimum absolute atomic E-state index is 0. The Morgan fingerprint density at radius 2 is 2.03 bits per heavy atom. The van der Waals surface area contributed by atoms with E-state index < -0.39 is 0 Å². The standard InChI is InChI=1S/C20H26FN5OS.HI/c1-3-22-19(24-10-9-23-18(27)17-14(2)26-13-28-17)25-12-20(7-8-20)15-5-4-6-16(21)11-15;/h4-6,11,13H,3,7-10,12H2,1-2H3,(H,23,27)(H2,22,24,25);1H. The van der Waals surface area contributed by atoms with Crippen molar-refractivity contribution in [1.82, 2.24) is 20.9 Å². The molecule has 1 aliphatic carbocycles. The molecule has 29 heavy (non-hydrogen) atoms. The van der Waals surface area contributed by atoms with Gasteiger partial charge in [-0.1, -0.05) is 12.1 Å². The third-order valence-corrected chi connectivity index (χ3v) is 5.76. The average Bonchev–Trinajstić information content (AvgIpc) is 3.36. The Labute approximate surface area is 191 Å². The maximum absolute atomic E-state index is 13.5. The van der Waals surface area contributed by atoms with Crippen molar-refractivity contribution >= 4 is 47.2 Å². The summed E-state index contributed by atoms with van der Waals surface area (Å²) in [5, 5.41) is 9.34. The molecule has 0 unspecified atom stereocenters. The van der Waals surface area contributed by atoms with Gasteiger partial charge in [0.2, 0.25) is 0 Å². The zero-order valence-corrected chi connectivity index (χ0v) is 19.8. The Morgan fingerprint density at radius 1 is 1.28 bits per heavy atom. The first kappa shape index (κ1) is 23.5. The summed E-state index contributed by atoms with van der Waals surface area (Å²) in [7, 11) is 0. The van der Waals surface area contributed by atoms with Gasteiger partial charge in [-0.15, -0.1) is 35.3 Å². The molecule has 0 bridgehead atoms. The van der Waals surface area contributed by atoms with Crippen LogP contribution in [0, 0.1) is 12.7 Å². The van der Waals surface area contributed by atoms with Crippen LogP contribution in [0.25, 0.3) is 0 Å². The van der Waals surface area contributed by atoms with Crippen LogP contribution in [0.5, 0.6) is 0 Å². The minimum atomic E-state index is -0.204. The zero-order chi connectivity index (χ0) is 20.0. The maximum Gasteiger partial charge on any atom is 0.263 e. The predicted octanol–water partition coefficient (Wildman–Crippen LogP) is 3.23. The highest BCUT2D eigenvalue weighted by Gasteiger charge is 2.44. The number of aryl methyl sites for hydroxylation is 1. The van der Waals surface area contributed by atoms with Crippen molar-refractivity contribution in [3.63, 3.8) is 0 Å². The number of hydrogen-bond acceptors (Lipinski definition) is 4. The summed E-state index contributed by atoms with van der Waals surface area (Å²) in [6.07, 6.45) is 2.03. The average molecular weight is 531 g/mol.